The lowest BCUT2D eigenvalue weighted by molar-refractivity contribution is 0.0498. The number of benzene rings is 1. The molecule has 2 fully saturated rings. The molecule has 6 nitrogen and oxygen atoms in total. The number of nitrogens with one attached hydrogen (secondary N) is 1. The Morgan fingerprint density at radius 2 is 2.00 bits per heavy atom. The summed E-state index contributed by atoms with van der Waals surface area (Å²) in [7, 11) is -2.89. The first kappa shape index (κ1) is 18.7. The van der Waals surface area contributed by atoms with Crippen LogP contribution in [0.15, 0.2) is 42.7 Å². The van der Waals surface area contributed by atoms with Crippen molar-refractivity contribution in [1.29, 1.82) is 0 Å². The number of aromatic nitrogens is 2. The van der Waals surface area contributed by atoms with Gasteiger partial charge in [-0.15, -0.1) is 0 Å². The quantitative estimate of drug-likeness (QED) is 0.819. The Morgan fingerprint density at radius 3 is 2.70 bits per heavy atom. The van der Waals surface area contributed by atoms with Gasteiger partial charge in [0.05, 0.1) is 23.7 Å². The zero-order valence-corrected chi connectivity index (χ0v) is 16.3. The van der Waals surface area contributed by atoms with Crippen LogP contribution in [0.2, 0.25) is 0 Å². The molecule has 1 aromatic heterocycles. The SMILES string of the molecule is O=S1(=O)CC[C@@H](n2cc(CNCC3(c4ccccc4)CCOCC3)cn2)C1. The van der Waals surface area contributed by atoms with Gasteiger partial charge in [0.2, 0.25) is 0 Å². The van der Waals surface area contributed by atoms with Crippen molar-refractivity contribution in [3.63, 3.8) is 0 Å². The predicted molar refractivity (Wildman–Crippen MR) is 104 cm³/mol. The lowest BCUT2D eigenvalue weighted by Gasteiger charge is -2.38. The van der Waals surface area contributed by atoms with Crippen LogP contribution in [0.1, 0.15) is 36.4 Å². The fourth-order valence-corrected chi connectivity index (χ4v) is 5.92. The lowest BCUT2D eigenvalue weighted by Crippen LogP contribution is -2.42. The van der Waals surface area contributed by atoms with E-state index in [1.807, 2.05) is 17.1 Å². The first-order chi connectivity index (χ1) is 13.1. The van der Waals surface area contributed by atoms with Crippen LogP contribution in [0.25, 0.3) is 0 Å². The first-order valence-corrected chi connectivity index (χ1v) is 11.5. The van der Waals surface area contributed by atoms with Crippen molar-refractivity contribution in [3.05, 3.63) is 53.9 Å². The molecule has 2 aromatic rings. The van der Waals surface area contributed by atoms with E-state index in [1.165, 1.54) is 5.56 Å². The molecule has 0 saturated carbocycles. The van der Waals surface area contributed by atoms with E-state index < -0.39 is 9.84 Å². The summed E-state index contributed by atoms with van der Waals surface area (Å²) in [5, 5.41) is 8.00. The molecular formula is C20H27N3O3S. The first-order valence-electron chi connectivity index (χ1n) is 9.64. The highest BCUT2D eigenvalue weighted by molar-refractivity contribution is 7.91. The molecule has 0 bridgehead atoms. The average molecular weight is 390 g/mol. The van der Waals surface area contributed by atoms with Gasteiger partial charge in [-0.25, -0.2) is 8.42 Å². The van der Waals surface area contributed by atoms with Gasteiger partial charge in [0.1, 0.15) is 0 Å². The topological polar surface area (TPSA) is 73.2 Å². The average Bonchev–Trinajstić information content (AvgIpc) is 3.29. The Kier molecular flexibility index (Phi) is 5.34. The molecule has 27 heavy (non-hydrogen) atoms. The van der Waals surface area contributed by atoms with Gasteiger partial charge in [0, 0.05) is 43.5 Å². The maximum atomic E-state index is 11.7. The molecule has 2 saturated heterocycles. The van der Waals surface area contributed by atoms with Gasteiger partial charge in [-0.2, -0.15) is 5.10 Å². The zero-order valence-electron chi connectivity index (χ0n) is 15.5. The molecule has 1 N–H and O–H groups in total. The summed E-state index contributed by atoms with van der Waals surface area (Å²) in [6.45, 7) is 3.22. The molecule has 2 aliphatic rings. The fraction of sp³-hybridized carbons (Fsp3) is 0.550. The number of nitrogens with zero attached hydrogens (tertiary/aromatic N) is 2. The standard InChI is InChI=1S/C20H27N3O3S/c24-27(25)11-6-19(15-27)23-14-17(13-22-23)12-21-16-20(7-9-26-10-8-20)18-4-2-1-3-5-18/h1-5,13-14,19,21H,6-12,15-16H2/t19-/m1/s1. The highest BCUT2D eigenvalue weighted by Crippen LogP contribution is 2.34. The third-order valence-corrected chi connectivity index (χ3v) is 7.62. The van der Waals surface area contributed by atoms with E-state index in [0.717, 1.165) is 44.7 Å². The number of hydrogen-bond donors (Lipinski definition) is 1. The van der Waals surface area contributed by atoms with E-state index in [0.29, 0.717) is 6.42 Å². The Labute approximate surface area is 160 Å². The number of rotatable bonds is 6. The summed E-state index contributed by atoms with van der Waals surface area (Å²) in [6.07, 6.45) is 6.52. The molecule has 1 atom stereocenters. The molecule has 0 radical (unpaired) electrons. The van der Waals surface area contributed by atoms with Crippen molar-refractivity contribution in [2.24, 2.45) is 0 Å². The zero-order chi connectivity index (χ0) is 18.7. The summed E-state index contributed by atoms with van der Waals surface area (Å²) in [5.74, 6) is 0.478. The Balaban J connectivity index is 1.38. The van der Waals surface area contributed by atoms with E-state index in [-0.39, 0.29) is 23.0 Å². The summed E-state index contributed by atoms with van der Waals surface area (Å²) < 4.78 is 30.8. The van der Waals surface area contributed by atoms with Crippen LogP contribution < -0.4 is 5.32 Å². The monoisotopic (exact) mass is 389 g/mol. The van der Waals surface area contributed by atoms with E-state index in [4.69, 9.17) is 4.74 Å². The van der Waals surface area contributed by atoms with E-state index in [9.17, 15) is 8.42 Å². The van der Waals surface area contributed by atoms with Gasteiger partial charge in [-0.05, 0) is 24.8 Å². The van der Waals surface area contributed by atoms with E-state index >= 15 is 0 Å². The van der Waals surface area contributed by atoms with Crippen molar-refractivity contribution in [3.8, 4) is 0 Å². The second kappa shape index (κ2) is 7.73. The van der Waals surface area contributed by atoms with Crippen molar-refractivity contribution in [2.75, 3.05) is 31.3 Å². The van der Waals surface area contributed by atoms with Crippen molar-refractivity contribution in [1.82, 2.24) is 15.1 Å². The third-order valence-electron chi connectivity index (χ3n) is 5.87. The van der Waals surface area contributed by atoms with Crippen LogP contribution >= 0.6 is 0 Å². The second-order valence-electron chi connectivity index (χ2n) is 7.75. The summed E-state index contributed by atoms with van der Waals surface area (Å²) in [5.41, 5.74) is 2.57. The van der Waals surface area contributed by atoms with Gasteiger partial charge < -0.3 is 10.1 Å². The minimum atomic E-state index is -2.89. The van der Waals surface area contributed by atoms with Crippen molar-refractivity contribution < 1.29 is 13.2 Å². The molecule has 1 aromatic carbocycles. The molecule has 3 heterocycles. The van der Waals surface area contributed by atoms with Gasteiger partial charge >= 0.3 is 0 Å². The second-order valence-corrected chi connectivity index (χ2v) is 9.98. The van der Waals surface area contributed by atoms with Crippen molar-refractivity contribution in [2.45, 2.75) is 37.3 Å². The van der Waals surface area contributed by atoms with Crippen LogP contribution in [-0.2, 0) is 26.5 Å². The number of sulfone groups is 1. The normalized spacial score (nSPS) is 24.1. The molecule has 0 unspecified atom stereocenters. The van der Waals surface area contributed by atoms with E-state index in [2.05, 4.69) is 40.7 Å². The third kappa shape index (κ3) is 4.25. The highest BCUT2D eigenvalue weighted by atomic mass is 32.2. The molecule has 0 spiro atoms. The van der Waals surface area contributed by atoms with Crippen LogP contribution in [0.4, 0.5) is 0 Å². The predicted octanol–water partition coefficient (Wildman–Crippen LogP) is 2.08. The minimum Gasteiger partial charge on any atom is -0.381 e. The summed E-state index contributed by atoms with van der Waals surface area (Å²) >= 11 is 0. The molecule has 7 heteroatoms. The Hall–Kier alpha value is -1.70. The molecule has 0 aliphatic carbocycles. The molecular weight excluding hydrogens is 362 g/mol. The lowest BCUT2D eigenvalue weighted by atomic mass is 9.74. The van der Waals surface area contributed by atoms with Gasteiger partial charge in [0.25, 0.3) is 0 Å². The van der Waals surface area contributed by atoms with Crippen LogP contribution in [0.3, 0.4) is 0 Å². The van der Waals surface area contributed by atoms with Gasteiger partial charge in [-0.1, -0.05) is 30.3 Å². The largest absolute Gasteiger partial charge is 0.381 e. The summed E-state index contributed by atoms with van der Waals surface area (Å²) in [6, 6.07) is 10.7. The Morgan fingerprint density at radius 1 is 1.22 bits per heavy atom. The minimum absolute atomic E-state index is 0.0186. The molecule has 146 valence electrons. The maximum Gasteiger partial charge on any atom is 0.152 e. The molecule has 2 aliphatic heterocycles. The van der Waals surface area contributed by atoms with E-state index in [1.54, 1.807) is 0 Å². The highest BCUT2D eigenvalue weighted by Gasteiger charge is 2.34. The van der Waals surface area contributed by atoms with Crippen LogP contribution in [0, 0.1) is 0 Å². The van der Waals surface area contributed by atoms with Crippen LogP contribution in [0.5, 0.6) is 0 Å². The Bertz CT molecular complexity index is 858. The van der Waals surface area contributed by atoms with Gasteiger partial charge in [0.15, 0.2) is 9.84 Å². The summed E-state index contributed by atoms with van der Waals surface area (Å²) in [4.78, 5) is 0. The van der Waals surface area contributed by atoms with Gasteiger partial charge in [-0.3, -0.25) is 4.68 Å². The molecule has 0 amide bonds. The fourth-order valence-electron chi connectivity index (χ4n) is 4.22. The number of ether oxygens (including phenoxy) is 1. The smallest absolute Gasteiger partial charge is 0.152 e. The molecule has 4 rings (SSSR count). The number of hydrogen-bond acceptors (Lipinski definition) is 5. The maximum absolute atomic E-state index is 11.7. The van der Waals surface area contributed by atoms with Crippen molar-refractivity contribution >= 4 is 9.84 Å². The van der Waals surface area contributed by atoms with Crippen LogP contribution in [-0.4, -0.2) is 49.5 Å².